The Morgan fingerprint density at radius 1 is 0.371 bits per heavy atom. The second kappa shape index (κ2) is 23.1. The summed E-state index contributed by atoms with van der Waals surface area (Å²) in [6.45, 7) is 17.1. The first-order chi connectivity index (χ1) is 17.1. The Morgan fingerprint density at radius 2 is 0.800 bits per heavy atom. The van der Waals surface area contributed by atoms with Gasteiger partial charge in [0.15, 0.2) is 0 Å². The summed E-state index contributed by atoms with van der Waals surface area (Å²) in [5, 5.41) is 0. The lowest BCUT2D eigenvalue weighted by Gasteiger charge is -2.57. The Kier molecular flexibility index (Phi) is 23.1. The molecule has 0 bridgehead atoms. The van der Waals surface area contributed by atoms with Crippen LogP contribution in [0, 0.1) is 16.7 Å². The van der Waals surface area contributed by atoms with Crippen LogP contribution in [0.5, 0.6) is 0 Å². The van der Waals surface area contributed by atoms with E-state index in [-0.39, 0.29) is 0 Å². The fourth-order valence-corrected chi connectivity index (χ4v) is 7.71. The molecule has 0 aliphatic heterocycles. The molecule has 212 valence electrons. The van der Waals surface area contributed by atoms with Gasteiger partial charge in [-0.25, -0.2) is 0 Å². The second-order valence-electron chi connectivity index (χ2n) is 12.3. The van der Waals surface area contributed by atoms with Gasteiger partial charge >= 0.3 is 0 Å². The van der Waals surface area contributed by atoms with Crippen LogP contribution in [0.1, 0.15) is 209 Å². The lowest BCUT2D eigenvalue weighted by molar-refractivity contribution is -0.0707. The Morgan fingerprint density at radius 3 is 1.29 bits per heavy atom. The molecule has 0 aromatic rings. The van der Waals surface area contributed by atoms with Crippen LogP contribution in [0.3, 0.4) is 0 Å². The average Bonchev–Trinajstić information content (AvgIpc) is 2.87. The van der Waals surface area contributed by atoms with Crippen LogP contribution in [0.25, 0.3) is 0 Å². The summed E-state index contributed by atoms with van der Waals surface area (Å²) in [6, 6.07) is 0. The summed E-state index contributed by atoms with van der Waals surface area (Å²) in [4.78, 5) is 0. The molecule has 0 spiro atoms. The van der Waals surface area contributed by atoms with Gasteiger partial charge in [-0.1, -0.05) is 164 Å². The number of hydrogen-bond donors (Lipinski definition) is 0. The van der Waals surface area contributed by atoms with Gasteiger partial charge in [-0.15, -0.1) is 0 Å². The maximum Gasteiger partial charge on any atom is -0.0213 e. The van der Waals surface area contributed by atoms with E-state index in [9.17, 15) is 0 Å². The van der Waals surface area contributed by atoms with Crippen LogP contribution in [-0.4, -0.2) is 0 Å². The van der Waals surface area contributed by atoms with Gasteiger partial charge in [0.05, 0.1) is 0 Å². The highest BCUT2D eigenvalue weighted by Gasteiger charge is 2.51. The van der Waals surface area contributed by atoms with Gasteiger partial charge in [0, 0.05) is 0 Å². The van der Waals surface area contributed by atoms with E-state index in [0.29, 0.717) is 10.8 Å². The lowest BCUT2D eigenvalue weighted by Crippen LogP contribution is -2.47. The normalized spacial score (nSPS) is 16.2. The van der Waals surface area contributed by atoms with Crippen LogP contribution in [0.4, 0.5) is 0 Å². The number of hydrogen-bond acceptors (Lipinski definition) is 0. The number of rotatable bonds is 27. The Bertz CT molecular complexity index is 426. The first-order valence-electron chi connectivity index (χ1n) is 17.1. The molecule has 35 heavy (non-hydrogen) atoms. The molecule has 0 amide bonds. The molecule has 0 heterocycles. The molecule has 0 N–H and O–H groups in total. The summed E-state index contributed by atoms with van der Waals surface area (Å²) in [5.74, 6) is 0.956. The summed E-state index contributed by atoms with van der Waals surface area (Å²) in [6.07, 6.45) is 36.2. The molecule has 0 radical (unpaired) electrons. The van der Waals surface area contributed by atoms with Crippen molar-refractivity contribution in [1.82, 2.24) is 0 Å². The van der Waals surface area contributed by atoms with Crippen LogP contribution < -0.4 is 0 Å². The molecule has 0 saturated carbocycles. The highest BCUT2D eigenvalue weighted by molar-refractivity contribution is 5.01. The second-order valence-corrected chi connectivity index (χ2v) is 12.3. The smallest absolute Gasteiger partial charge is 0.0213 e. The van der Waals surface area contributed by atoms with Gasteiger partial charge < -0.3 is 0 Å². The van der Waals surface area contributed by atoms with Crippen LogP contribution in [-0.2, 0) is 0 Å². The SMILES string of the molecule is CCCCCCCC(CCCCCC)C(CCCC)(CCCCC)C(CC)(CCC)CCCCC. The van der Waals surface area contributed by atoms with E-state index in [2.05, 4.69) is 48.5 Å². The molecule has 0 aliphatic rings. The molecule has 0 fully saturated rings. The van der Waals surface area contributed by atoms with Gasteiger partial charge in [-0.2, -0.15) is 0 Å². The zero-order valence-electron chi connectivity index (χ0n) is 26.3. The first kappa shape index (κ1) is 35.0. The minimum Gasteiger partial charge on any atom is -0.0654 e. The van der Waals surface area contributed by atoms with Gasteiger partial charge in [0.25, 0.3) is 0 Å². The fourth-order valence-electron chi connectivity index (χ4n) is 7.71. The topological polar surface area (TPSA) is 0 Å². The van der Waals surface area contributed by atoms with Gasteiger partial charge in [0.2, 0.25) is 0 Å². The van der Waals surface area contributed by atoms with Crippen molar-refractivity contribution in [2.24, 2.45) is 16.7 Å². The van der Waals surface area contributed by atoms with Crippen molar-refractivity contribution in [2.75, 3.05) is 0 Å². The summed E-state index contributed by atoms with van der Waals surface area (Å²) < 4.78 is 0. The van der Waals surface area contributed by atoms with Crippen molar-refractivity contribution in [3.63, 3.8) is 0 Å². The molecule has 3 atom stereocenters. The van der Waals surface area contributed by atoms with Gasteiger partial charge in [-0.05, 0) is 61.7 Å². The first-order valence-corrected chi connectivity index (χ1v) is 17.1. The predicted octanol–water partition coefficient (Wildman–Crippen LogP) is 13.5. The highest BCUT2D eigenvalue weighted by Crippen LogP contribution is 2.61. The minimum atomic E-state index is 0.568. The van der Waals surface area contributed by atoms with E-state index in [4.69, 9.17) is 0 Å². The number of unbranched alkanes of at least 4 members (excludes halogenated alkanes) is 12. The molecule has 0 aromatic heterocycles. The third-order valence-corrected chi connectivity index (χ3v) is 9.77. The van der Waals surface area contributed by atoms with E-state index in [1.165, 1.54) is 161 Å². The minimum absolute atomic E-state index is 0.568. The van der Waals surface area contributed by atoms with Gasteiger partial charge in [0.1, 0.15) is 0 Å². The standard InChI is InChI=1S/C35H72/c1-8-15-20-22-24-28-33(27-23-21-16-9-2)35(31-19-12-5,32-26-18-11-4)34(14-7,29-13-6)30-25-17-10-3/h33H,8-32H2,1-7H3. The van der Waals surface area contributed by atoms with Crippen LogP contribution >= 0.6 is 0 Å². The van der Waals surface area contributed by atoms with Gasteiger partial charge in [-0.3, -0.25) is 0 Å². The molecular weight excluding hydrogens is 420 g/mol. The molecular formula is C35H72. The Hall–Kier alpha value is 0. The van der Waals surface area contributed by atoms with E-state index < -0.39 is 0 Å². The molecule has 0 saturated heterocycles. The Labute approximate surface area is 225 Å². The van der Waals surface area contributed by atoms with E-state index in [0.717, 1.165) is 5.92 Å². The lowest BCUT2D eigenvalue weighted by atomic mass is 9.48. The molecule has 0 aliphatic carbocycles. The fraction of sp³-hybridized carbons (Fsp3) is 1.00. The summed E-state index contributed by atoms with van der Waals surface area (Å²) in [5.41, 5.74) is 1.15. The Balaban J connectivity index is 6.32. The van der Waals surface area contributed by atoms with E-state index in [1.807, 2.05) is 0 Å². The van der Waals surface area contributed by atoms with Crippen molar-refractivity contribution in [2.45, 2.75) is 209 Å². The van der Waals surface area contributed by atoms with Crippen molar-refractivity contribution in [3.05, 3.63) is 0 Å². The monoisotopic (exact) mass is 493 g/mol. The van der Waals surface area contributed by atoms with Crippen molar-refractivity contribution in [1.29, 1.82) is 0 Å². The molecule has 0 aromatic carbocycles. The highest BCUT2D eigenvalue weighted by atomic mass is 14.6. The largest absolute Gasteiger partial charge is 0.0654 e. The molecule has 0 rings (SSSR count). The zero-order valence-corrected chi connectivity index (χ0v) is 26.3. The summed E-state index contributed by atoms with van der Waals surface area (Å²) in [7, 11) is 0. The maximum atomic E-state index is 2.59. The maximum absolute atomic E-state index is 2.59. The third kappa shape index (κ3) is 12.9. The molecule has 0 heteroatoms. The average molecular weight is 493 g/mol. The van der Waals surface area contributed by atoms with Crippen LogP contribution in [0.2, 0.25) is 0 Å². The van der Waals surface area contributed by atoms with Crippen molar-refractivity contribution in [3.8, 4) is 0 Å². The van der Waals surface area contributed by atoms with E-state index in [1.54, 1.807) is 0 Å². The van der Waals surface area contributed by atoms with Crippen molar-refractivity contribution >= 4 is 0 Å². The quantitative estimate of drug-likeness (QED) is 0.1000. The molecule has 3 unspecified atom stereocenters. The predicted molar refractivity (Wildman–Crippen MR) is 163 cm³/mol. The zero-order chi connectivity index (χ0) is 26.3. The van der Waals surface area contributed by atoms with Crippen molar-refractivity contribution < 1.29 is 0 Å². The summed E-state index contributed by atoms with van der Waals surface area (Å²) >= 11 is 0. The third-order valence-electron chi connectivity index (χ3n) is 9.77. The molecule has 0 nitrogen and oxygen atoms in total. The van der Waals surface area contributed by atoms with E-state index >= 15 is 0 Å². The van der Waals surface area contributed by atoms with Crippen LogP contribution in [0.15, 0.2) is 0 Å².